The Morgan fingerprint density at radius 1 is 1.17 bits per heavy atom. The standard InChI is InChI=1S/C16H25N3O2S2/c1-12(2)17-16(22)18-7-9-19(10-8-18)23(20,21)15-6-5-13(3)11-14(15)4/h5-6,11-12H,7-10H2,1-4H3,(H,17,22). The van der Waals surface area contributed by atoms with Crippen LogP contribution in [0.2, 0.25) is 0 Å². The first kappa shape index (κ1) is 18.2. The third-order valence-electron chi connectivity index (χ3n) is 3.89. The Labute approximate surface area is 144 Å². The van der Waals surface area contributed by atoms with Crippen LogP contribution in [0.4, 0.5) is 0 Å². The number of hydrogen-bond acceptors (Lipinski definition) is 3. The molecule has 1 heterocycles. The van der Waals surface area contributed by atoms with E-state index in [0.29, 0.717) is 36.2 Å². The van der Waals surface area contributed by atoms with Crippen molar-refractivity contribution in [3.8, 4) is 0 Å². The average molecular weight is 356 g/mol. The predicted molar refractivity (Wildman–Crippen MR) is 97.1 cm³/mol. The number of benzene rings is 1. The molecular formula is C16H25N3O2S2. The SMILES string of the molecule is Cc1ccc(S(=O)(=O)N2CCN(C(=S)NC(C)C)CC2)c(C)c1. The van der Waals surface area contributed by atoms with E-state index in [1.165, 1.54) is 0 Å². The molecule has 7 heteroatoms. The van der Waals surface area contributed by atoms with Crippen molar-refractivity contribution in [2.45, 2.75) is 38.6 Å². The summed E-state index contributed by atoms with van der Waals surface area (Å²) in [5, 5.41) is 3.90. The highest BCUT2D eigenvalue weighted by Gasteiger charge is 2.30. The fraction of sp³-hybridized carbons (Fsp3) is 0.562. The Balaban J connectivity index is 2.08. The summed E-state index contributed by atoms with van der Waals surface area (Å²) in [6, 6.07) is 5.74. The third-order valence-corrected chi connectivity index (χ3v) is 6.32. The smallest absolute Gasteiger partial charge is 0.243 e. The summed E-state index contributed by atoms with van der Waals surface area (Å²) >= 11 is 5.36. The van der Waals surface area contributed by atoms with Gasteiger partial charge in [-0.15, -0.1) is 0 Å². The van der Waals surface area contributed by atoms with Crippen molar-refractivity contribution < 1.29 is 8.42 Å². The molecule has 0 unspecified atom stereocenters. The highest BCUT2D eigenvalue weighted by molar-refractivity contribution is 7.89. The summed E-state index contributed by atoms with van der Waals surface area (Å²) in [5.74, 6) is 0. The highest BCUT2D eigenvalue weighted by atomic mass is 32.2. The molecule has 0 bridgehead atoms. The van der Waals surface area contributed by atoms with Gasteiger partial charge in [0.2, 0.25) is 10.0 Å². The van der Waals surface area contributed by atoms with E-state index >= 15 is 0 Å². The fourth-order valence-electron chi connectivity index (χ4n) is 2.70. The van der Waals surface area contributed by atoms with Crippen LogP contribution in [0.5, 0.6) is 0 Å². The van der Waals surface area contributed by atoms with Gasteiger partial charge in [-0.25, -0.2) is 8.42 Å². The quantitative estimate of drug-likeness (QED) is 0.839. The molecular weight excluding hydrogens is 330 g/mol. The largest absolute Gasteiger partial charge is 0.360 e. The number of rotatable bonds is 3. The van der Waals surface area contributed by atoms with Gasteiger partial charge in [0.15, 0.2) is 5.11 Å². The number of nitrogens with zero attached hydrogens (tertiary/aromatic N) is 2. The van der Waals surface area contributed by atoms with E-state index in [4.69, 9.17) is 12.2 Å². The van der Waals surface area contributed by atoms with Gasteiger partial charge in [0.05, 0.1) is 4.90 Å². The Morgan fingerprint density at radius 2 is 1.78 bits per heavy atom. The van der Waals surface area contributed by atoms with Crippen LogP contribution < -0.4 is 5.32 Å². The minimum Gasteiger partial charge on any atom is -0.360 e. The van der Waals surface area contributed by atoms with Crippen LogP contribution in [0.15, 0.2) is 23.1 Å². The summed E-state index contributed by atoms with van der Waals surface area (Å²) in [7, 11) is -3.44. The molecule has 1 fully saturated rings. The number of thiocarbonyl (C=S) groups is 1. The fourth-order valence-corrected chi connectivity index (χ4v) is 4.74. The first-order valence-corrected chi connectivity index (χ1v) is 9.69. The van der Waals surface area contributed by atoms with Crippen LogP contribution in [0.3, 0.4) is 0 Å². The van der Waals surface area contributed by atoms with Gasteiger partial charge in [-0.1, -0.05) is 17.7 Å². The lowest BCUT2D eigenvalue weighted by molar-refractivity contribution is 0.263. The van der Waals surface area contributed by atoms with Crippen molar-refractivity contribution in [2.24, 2.45) is 0 Å². The molecule has 0 saturated carbocycles. The lowest BCUT2D eigenvalue weighted by Gasteiger charge is -2.36. The molecule has 0 aromatic heterocycles. The van der Waals surface area contributed by atoms with Gasteiger partial charge in [0, 0.05) is 32.2 Å². The van der Waals surface area contributed by atoms with Crippen LogP contribution in [0.25, 0.3) is 0 Å². The Bertz CT molecular complexity index is 679. The van der Waals surface area contributed by atoms with Gasteiger partial charge < -0.3 is 10.2 Å². The first-order chi connectivity index (χ1) is 10.7. The van der Waals surface area contributed by atoms with Gasteiger partial charge in [-0.3, -0.25) is 0 Å². The summed E-state index contributed by atoms with van der Waals surface area (Å²) in [5.41, 5.74) is 1.86. The minimum absolute atomic E-state index is 0.277. The molecule has 0 atom stereocenters. The Kier molecular flexibility index (Phi) is 5.65. The Hall–Kier alpha value is -1.18. The van der Waals surface area contributed by atoms with E-state index in [9.17, 15) is 8.42 Å². The van der Waals surface area contributed by atoms with Gasteiger partial charge in [-0.2, -0.15) is 4.31 Å². The molecule has 0 spiro atoms. The van der Waals surface area contributed by atoms with Crippen LogP contribution in [0.1, 0.15) is 25.0 Å². The summed E-state index contributed by atoms with van der Waals surface area (Å²) in [6.45, 7) is 10.0. The summed E-state index contributed by atoms with van der Waals surface area (Å²) in [6.07, 6.45) is 0. The van der Waals surface area contributed by atoms with Gasteiger partial charge >= 0.3 is 0 Å². The van der Waals surface area contributed by atoms with Crippen molar-refractivity contribution >= 4 is 27.4 Å². The van der Waals surface area contributed by atoms with Crippen LogP contribution in [0, 0.1) is 13.8 Å². The number of sulfonamides is 1. The van der Waals surface area contributed by atoms with Crippen molar-refractivity contribution in [3.05, 3.63) is 29.3 Å². The number of piperazine rings is 1. The van der Waals surface area contributed by atoms with Crippen molar-refractivity contribution in [1.29, 1.82) is 0 Å². The van der Waals surface area contributed by atoms with Crippen LogP contribution in [-0.4, -0.2) is 55.0 Å². The van der Waals surface area contributed by atoms with E-state index in [-0.39, 0.29) is 6.04 Å². The normalized spacial score (nSPS) is 16.7. The molecule has 0 radical (unpaired) electrons. The van der Waals surface area contributed by atoms with E-state index in [2.05, 4.69) is 5.32 Å². The zero-order valence-electron chi connectivity index (χ0n) is 14.2. The number of nitrogens with one attached hydrogen (secondary N) is 1. The Morgan fingerprint density at radius 3 is 2.30 bits per heavy atom. The lowest BCUT2D eigenvalue weighted by atomic mass is 10.2. The average Bonchev–Trinajstić information content (AvgIpc) is 2.46. The molecule has 23 heavy (non-hydrogen) atoms. The molecule has 2 rings (SSSR count). The number of hydrogen-bond donors (Lipinski definition) is 1. The first-order valence-electron chi connectivity index (χ1n) is 7.84. The minimum atomic E-state index is -3.44. The summed E-state index contributed by atoms with van der Waals surface area (Å²) < 4.78 is 27.2. The maximum Gasteiger partial charge on any atom is 0.243 e. The zero-order chi connectivity index (χ0) is 17.2. The molecule has 128 valence electrons. The third kappa shape index (κ3) is 4.22. The van der Waals surface area contributed by atoms with Crippen LogP contribution in [-0.2, 0) is 10.0 Å². The molecule has 0 aliphatic carbocycles. The second-order valence-electron chi connectivity index (χ2n) is 6.26. The monoisotopic (exact) mass is 355 g/mol. The summed E-state index contributed by atoms with van der Waals surface area (Å²) in [4.78, 5) is 2.43. The van der Waals surface area contributed by atoms with Crippen molar-refractivity contribution in [3.63, 3.8) is 0 Å². The van der Waals surface area contributed by atoms with E-state index in [1.54, 1.807) is 10.4 Å². The maximum atomic E-state index is 12.8. The van der Waals surface area contributed by atoms with Gasteiger partial charge in [0.25, 0.3) is 0 Å². The lowest BCUT2D eigenvalue weighted by Crippen LogP contribution is -2.53. The van der Waals surface area contributed by atoms with E-state index < -0.39 is 10.0 Å². The molecule has 1 saturated heterocycles. The molecule has 1 aromatic rings. The van der Waals surface area contributed by atoms with E-state index in [1.807, 2.05) is 44.7 Å². The molecule has 1 aliphatic rings. The van der Waals surface area contributed by atoms with Gasteiger partial charge in [-0.05, 0) is 51.5 Å². The second kappa shape index (κ2) is 7.15. The zero-order valence-corrected chi connectivity index (χ0v) is 15.8. The molecule has 0 amide bonds. The molecule has 1 N–H and O–H groups in total. The highest BCUT2D eigenvalue weighted by Crippen LogP contribution is 2.22. The van der Waals surface area contributed by atoms with E-state index in [0.717, 1.165) is 11.1 Å². The molecule has 5 nitrogen and oxygen atoms in total. The van der Waals surface area contributed by atoms with Crippen molar-refractivity contribution in [1.82, 2.24) is 14.5 Å². The van der Waals surface area contributed by atoms with Gasteiger partial charge in [0.1, 0.15) is 0 Å². The maximum absolute atomic E-state index is 12.8. The van der Waals surface area contributed by atoms with Crippen LogP contribution >= 0.6 is 12.2 Å². The topological polar surface area (TPSA) is 52.7 Å². The predicted octanol–water partition coefficient (Wildman–Crippen LogP) is 1.89. The number of aryl methyl sites for hydroxylation is 2. The molecule has 1 aliphatic heterocycles. The van der Waals surface area contributed by atoms with Crippen molar-refractivity contribution in [2.75, 3.05) is 26.2 Å². The molecule has 1 aromatic carbocycles. The second-order valence-corrected chi connectivity index (χ2v) is 8.56.